The summed E-state index contributed by atoms with van der Waals surface area (Å²) in [5, 5.41) is 5.53. The summed E-state index contributed by atoms with van der Waals surface area (Å²) in [5.74, 6) is 1.55. The van der Waals surface area contributed by atoms with E-state index in [4.69, 9.17) is 16.3 Å². The topological polar surface area (TPSA) is 61.9 Å². The second-order valence-electron chi connectivity index (χ2n) is 10.7. The van der Waals surface area contributed by atoms with Gasteiger partial charge in [0.15, 0.2) is 0 Å². The van der Waals surface area contributed by atoms with Crippen molar-refractivity contribution in [3.63, 3.8) is 0 Å². The van der Waals surface area contributed by atoms with Crippen LogP contribution in [0.1, 0.15) is 62.1 Å². The minimum absolute atomic E-state index is 0.00181. The van der Waals surface area contributed by atoms with Gasteiger partial charge in [-0.3, -0.25) is 4.79 Å². The highest BCUT2D eigenvalue weighted by molar-refractivity contribution is 7.10. The van der Waals surface area contributed by atoms with Gasteiger partial charge in [0.05, 0.1) is 6.04 Å². The van der Waals surface area contributed by atoms with Crippen LogP contribution >= 0.6 is 22.9 Å². The molecule has 0 radical (unpaired) electrons. The van der Waals surface area contributed by atoms with Crippen LogP contribution in [0.15, 0.2) is 60.0 Å². The van der Waals surface area contributed by atoms with Gasteiger partial charge >= 0.3 is 6.03 Å². The molecule has 1 atom stereocenters. The number of halogens is 1. The lowest BCUT2D eigenvalue weighted by molar-refractivity contribution is -0.135. The van der Waals surface area contributed by atoms with Gasteiger partial charge in [0, 0.05) is 28.7 Å². The third-order valence-corrected chi connectivity index (χ3v) is 8.27. The maximum Gasteiger partial charge on any atom is 0.322 e. The van der Waals surface area contributed by atoms with Crippen molar-refractivity contribution in [1.29, 1.82) is 0 Å². The number of nitrogens with zero attached hydrogens (tertiary/aromatic N) is 2. The summed E-state index contributed by atoms with van der Waals surface area (Å²) in [7, 11) is 0. The molecule has 0 bridgehead atoms. The lowest BCUT2D eigenvalue weighted by atomic mass is 10.00. The van der Waals surface area contributed by atoms with Crippen molar-refractivity contribution in [3.8, 4) is 5.75 Å². The number of rotatable bonds is 10. The van der Waals surface area contributed by atoms with Gasteiger partial charge < -0.3 is 19.9 Å². The molecule has 6 nitrogen and oxygen atoms in total. The van der Waals surface area contributed by atoms with Gasteiger partial charge in [-0.05, 0) is 77.6 Å². The van der Waals surface area contributed by atoms with Crippen molar-refractivity contribution in [2.24, 2.45) is 5.92 Å². The minimum Gasteiger partial charge on any atom is -0.491 e. The maximum atomic E-state index is 13.8. The van der Waals surface area contributed by atoms with E-state index in [1.807, 2.05) is 17.0 Å². The first-order valence-corrected chi connectivity index (χ1v) is 14.9. The van der Waals surface area contributed by atoms with E-state index in [1.54, 1.807) is 40.5 Å². The molecule has 1 aliphatic heterocycles. The number of ether oxygens (including phenoxy) is 1. The number of amides is 3. The number of hydrogen-bond acceptors (Lipinski definition) is 4. The second-order valence-corrected chi connectivity index (χ2v) is 12.2. The molecule has 1 N–H and O–H groups in total. The van der Waals surface area contributed by atoms with E-state index in [1.165, 1.54) is 10.4 Å². The molecule has 2 heterocycles. The molecule has 39 heavy (non-hydrogen) atoms. The van der Waals surface area contributed by atoms with Gasteiger partial charge in [0.25, 0.3) is 0 Å². The molecule has 8 heteroatoms. The molecular formula is C31H38ClN3O3S. The Morgan fingerprint density at radius 3 is 2.59 bits per heavy atom. The zero-order chi connectivity index (χ0) is 27.9. The highest BCUT2D eigenvalue weighted by atomic mass is 35.5. The van der Waals surface area contributed by atoms with Crippen LogP contribution in [0.4, 0.5) is 10.5 Å². The summed E-state index contributed by atoms with van der Waals surface area (Å²) in [6.45, 7) is 9.99. The molecule has 1 aliphatic rings. The Bertz CT molecular complexity index is 1260. The Morgan fingerprint density at radius 1 is 1.13 bits per heavy atom. The van der Waals surface area contributed by atoms with E-state index in [0.29, 0.717) is 42.2 Å². The minimum atomic E-state index is -0.308. The number of benzene rings is 2. The van der Waals surface area contributed by atoms with Gasteiger partial charge in [-0.15, -0.1) is 11.3 Å². The third kappa shape index (κ3) is 7.76. The van der Waals surface area contributed by atoms with Crippen LogP contribution in [0.2, 0.25) is 5.02 Å². The van der Waals surface area contributed by atoms with Crippen molar-refractivity contribution < 1.29 is 14.3 Å². The molecule has 0 aliphatic carbocycles. The Morgan fingerprint density at radius 2 is 1.90 bits per heavy atom. The van der Waals surface area contributed by atoms with Crippen LogP contribution in [0.25, 0.3) is 0 Å². The molecule has 208 valence electrons. The van der Waals surface area contributed by atoms with Crippen molar-refractivity contribution in [2.75, 3.05) is 31.6 Å². The monoisotopic (exact) mass is 567 g/mol. The molecular weight excluding hydrogens is 530 g/mol. The fraction of sp³-hybridized carbons (Fsp3) is 0.419. The summed E-state index contributed by atoms with van der Waals surface area (Å²) >= 11 is 7.83. The summed E-state index contributed by atoms with van der Waals surface area (Å²) in [6.07, 6.45) is 1.60. The molecule has 0 saturated carbocycles. The number of urea groups is 1. The van der Waals surface area contributed by atoms with E-state index < -0.39 is 0 Å². The molecule has 2 aromatic carbocycles. The van der Waals surface area contributed by atoms with Crippen molar-refractivity contribution in [1.82, 2.24) is 9.80 Å². The summed E-state index contributed by atoms with van der Waals surface area (Å²) in [4.78, 5) is 31.8. The molecule has 0 fully saturated rings. The van der Waals surface area contributed by atoms with Crippen LogP contribution in [0.3, 0.4) is 0 Å². The zero-order valence-corrected chi connectivity index (χ0v) is 24.7. The summed E-state index contributed by atoms with van der Waals surface area (Å²) in [6, 6.07) is 16.8. The van der Waals surface area contributed by atoms with Crippen LogP contribution in [-0.2, 0) is 11.2 Å². The predicted octanol–water partition coefficient (Wildman–Crippen LogP) is 7.61. The Hall–Kier alpha value is -3.03. The van der Waals surface area contributed by atoms with Crippen LogP contribution in [-0.4, -0.2) is 48.0 Å². The van der Waals surface area contributed by atoms with Crippen molar-refractivity contribution in [3.05, 3.63) is 81.0 Å². The Kier molecular flexibility index (Phi) is 9.92. The van der Waals surface area contributed by atoms with Crippen LogP contribution in [0, 0.1) is 5.92 Å². The van der Waals surface area contributed by atoms with Gasteiger partial charge in [-0.2, -0.15) is 0 Å². The molecule has 0 spiro atoms. The standard InChI is InChI=1S/C31H38ClN3O3S/c1-21(2)12-15-34(31(37)33-25-7-5-6-24(32)18-25)19-30(36)35-16-13-29-27(14-17-39-29)28(35)20-38-26-10-8-23(9-11-26)22(3)4/h5-11,14,17-18,21-22,28H,12-13,15-16,19-20H2,1-4H3,(H,33,37)/t28-/m1/s1. The number of anilines is 1. The lowest BCUT2D eigenvalue weighted by Crippen LogP contribution is -2.49. The summed E-state index contributed by atoms with van der Waals surface area (Å²) < 4.78 is 6.21. The van der Waals surface area contributed by atoms with Gasteiger partial charge in [-0.25, -0.2) is 4.79 Å². The van der Waals surface area contributed by atoms with Gasteiger partial charge in [0.1, 0.15) is 18.9 Å². The highest BCUT2D eigenvalue weighted by Gasteiger charge is 2.33. The fourth-order valence-corrected chi connectivity index (χ4v) is 5.81. The predicted molar refractivity (Wildman–Crippen MR) is 160 cm³/mol. The van der Waals surface area contributed by atoms with E-state index in [-0.39, 0.29) is 24.5 Å². The smallest absolute Gasteiger partial charge is 0.322 e. The van der Waals surface area contributed by atoms with E-state index in [2.05, 4.69) is 56.6 Å². The number of nitrogens with one attached hydrogen (secondary N) is 1. The number of hydrogen-bond donors (Lipinski definition) is 1. The van der Waals surface area contributed by atoms with E-state index >= 15 is 0 Å². The molecule has 0 saturated heterocycles. The first-order valence-electron chi connectivity index (χ1n) is 13.6. The number of carbonyl (C=O) groups excluding carboxylic acids is 2. The first kappa shape index (κ1) is 29.0. The Labute approximate surface area is 240 Å². The molecule has 3 aromatic rings. The van der Waals surface area contributed by atoms with Gasteiger partial charge in [-0.1, -0.05) is 57.5 Å². The zero-order valence-electron chi connectivity index (χ0n) is 23.2. The van der Waals surface area contributed by atoms with E-state index in [0.717, 1.165) is 24.2 Å². The van der Waals surface area contributed by atoms with Crippen LogP contribution < -0.4 is 10.1 Å². The molecule has 1 aromatic heterocycles. The number of thiophene rings is 1. The second kappa shape index (κ2) is 13.4. The van der Waals surface area contributed by atoms with Crippen molar-refractivity contribution >= 4 is 40.6 Å². The largest absolute Gasteiger partial charge is 0.491 e. The normalized spacial score (nSPS) is 14.8. The maximum absolute atomic E-state index is 13.8. The fourth-order valence-electron chi connectivity index (χ4n) is 4.69. The number of fused-ring (bicyclic) bond motifs is 1. The van der Waals surface area contributed by atoms with Gasteiger partial charge in [0.2, 0.25) is 5.91 Å². The first-order chi connectivity index (χ1) is 18.7. The SMILES string of the molecule is CC(C)CCN(CC(=O)N1CCc2sccc2[C@H]1COc1ccc(C(C)C)cc1)C(=O)Nc1cccc(Cl)c1. The van der Waals surface area contributed by atoms with E-state index in [9.17, 15) is 9.59 Å². The van der Waals surface area contributed by atoms with Crippen molar-refractivity contribution in [2.45, 2.75) is 52.5 Å². The average molecular weight is 568 g/mol. The highest BCUT2D eigenvalue weighted by Crippen LogP contribution is 2.34. The molecule has 3 amide bonds. The van der Waals surface area contributed by atoms with Crippen LogP contribution in [0.5, 0.6) is 5.75 Å². The third-order valence-electron chi connectivity index (χ3n) is 7.04. The molecule has 4 rings (SSSR count). The lowest BCUT2D eigenvalue weighted by Gasteiger charge is -2.37. The average Bonchev–Trinajstić information content (AvgIpc) is 3.39. The number of carbonyl (C=O) groups is 2. The Balaban J connectivity index is 1.48. The summed E-state index contributed by atoms with van der Waals surface area (Å²) in [5.41, 5.74) is 3.00. The quantitative estimate of drug-likeness (QED) is 0.274. The molecule has 0 unspecified atom stereocenters.